The number of carbonyl (C=O) groups is 1. The van der Waals surface area contributed by atoms with Crippen LogP contribution < -0.4 is 16.0 Å². The van der Waals surface area contributed by atoms with Gasteiger partial charge >= 0.3 is 0 Å². The minimum absolute atomic E-state index is 0.121. The Morgan fingerprint density at radius 2 is 1.72 bits per heavy atom. The lowest BCUT2D eigenvalue weighted by Gasteiger charge is -2.30. The van der Waals surface area contributed by atoms with Gasteiger partial charge in [-0.2, -0.15) is 0 Å². The summed E-state index contributed by atoms with van der Waals surface area (Å²) < 4.78 is 0. The third kappa shape index (κ3) is 6.94. The van der Waals surface area contributed by atoms with Crippen molar-refractivity contribution < 1.29 is 9.90 Å². The first-order valence-electron chi connectivity index (χ1n) is 12.3. The van der Waals surface area contributed by atoms with Crippen molar-refractivity contribution in [1.82, 2.24) is 20.9 Å². The van der Waals surface area contributed by atoms with Crippen LogP contribution in [0.3, 0.4) is 0 Å². The lowest BCUT2D eigenvalue weighted by atomic mass is 9.85. The summed E-state index contributed by atoms with van der Waals surface area (Å²) >= 11 is 0. The van der Waals surface area contributed by atoms with Gasteiger partial charge in [-0.15, -0.1) is 0 Å². The maximum absolute atomic E-state index is 12.4. The average molecular weight is 442 g/mol. The Morgan fingerprint density at radius 3 is 2.41 bits per heavy atom. The van der Waals surface area contributed by atoms with Crippen molar-refractivity contribution in [2.24, 2.45) is 10.9 Å². The van der Waals surface area contributed by atoms with Crippen molar-refractivity contribution in [3.8, 4) is 0 Å². The van der Waals surface area contributed by atoms with Gasteiger partial charge in [0.1, 0.15) is 0 Å². The third-order valence-corrected chi connectivity index (χ3v) is 6.98. The van der Waals surface area contributed by atoms with E-state index in [4.69, 9.17) is 0 Å². The van der Waals surface area contributed by atoms with Gasteiger partial charge in [0, 0.05) is 51.2 Å². The normalized spacial score (nSPS) is 25.4. The second-order valence-corrected chi connectivity index (χ2v) is 9.74. The number of benzene rings is 1. The first kappa shape index (κ1) is 23.1. The smallest absolute Gasteiger partial charge is 0.223 e. The van der Waals surface area contributed by atoms with E-state index >= 15 is 0 Å². The first-order chi connectivity index (χ1) is 15.6. The molecule has 4 N–H and O–H groups in total. The highest BCUT2D eigenvalue weighted by atomic mass is 16.3. The Kier molecular flexibility index (Phi) is 8.03. The molecule has 2 unspecified atom stereocenters. The summed E-state index contributed by atoms with van der Waals surface area (Å²) in [7, 11) is 1.80. The molecule has 1 amide bonds. The molecule has 32 heavy (non-hydrogen) atoms. The number of piperidine rings is 1. The average Bonchev–Trinajstić information content (AvgIpc) is 3.63. The summed E-state index contributed by atoms with van der Waals surface area (Å²) in [4.78, 5) is 19.2. The van der Waals surface area contributed by atoms with Crippen molar-refractivity contribution in [2.75, 3.05) is 20.1 Å². The Labute approximate surface area is 192 Å². The van der Waals surface area contributed by atoms with Gasteiger partial charge in [0.25, 0.3) is 0 Å². The summed E-state index contributed by atoms with van der Waals surface area (Å²) in [6.07, 6.45) is 7.93. The molecule has 7 nitrogen and oxygen atoms in total. The summed E-state index contributed by atoms with van der Waals surface area (Å²) in [6, 6.07) is 9.46. The van der Waals surface area contributed by atoms with E-state index < -0.39 is 0 Å². The summed E-state index contributed by atoms with van der Waals surface area (Å²) in [5.74, 6) is 1.16. The van der Waals surface area contributed by atoms with E-state index in [1.54, 1.807) is 7.05 Å². The van der Waals surface area contributed by atoms with E-state index in [0.717, 1.165) is 77.0 Å². The molecule has 1 aromatic carbocycles. The van der Waals surface area contributed by atoms with E-state index in [1.807, 2.05) is 0 Å². The van der Waals surface area contributed by atoms with Crippen LogP contribution in [0, 0.1) is 5.92 Å². The molecule has 0 bridgehead atoms. The second kappa shape index (κ2) is 11.1. The Bertz CT molecular complexity index is 769. The van der Waals surface area contributed by atoms with Crippen molar-refractivity contribution >= 4 is 11.9 Å². The van der Waals surface area contributed by atoms with Crippen LogP contribution in [-0.2, 0) is 17.9 Å². The van der Waals surface area contributed by atoms with Crippen LogP contribution in [0.4, 0.5) is 0 Å². The number of carbonyl (C=O) groups excluding carboxylic acids is 1. The fourth-order valence-corrected chi connectivity index (χ4v) is 4.78. The number of hydrogen-bond acceptors (Lipinski definition) is 4. The molecule has 4 rings (SSSR count). The zero-order chi connectivity index (χ0) is 22.3. The van der Waals surface area contributed by atoms with Crippen molar-refractivity contribution in [1.29, 1.82) is 0 Å². The maximum Gasteiger partial charge on any atom is 0.223 e. The highest BCUT2D eigenvalue weighted by Crippen LogP contribution is 2.26. The summed E-state index contributed by atoms with van der Waals surface area (Å²) in [5.41, 5.74) is 2.53. The quantitative estimate of drug-likeness (QED) is 0.385. The topological polar surface area (TPSA) is 89.0 Å². The summed E-state index contributed by atoms with van der Waals surface area (Å²) in [6.45, 7) is 3.60. The fourth-order valence-electron chi connectivity index (χ4n) is 4.78. The van der Waals surface area contributed by atoms with Gasteiger partial charge in [0.15, 0.2) is 5.96 Å². The maximum atomic E-state index is 12.4. The van der Waals surface area contributed by atoms with Crippen LogP contribution >= 0.6 is 0 Å². The third-order valence-electron chi connectivity index (χ3n) is 6.98. The van der Waals surface area contributed by atoms with Crippen LogP contribution in [0.25, 0.3) is 0 Å². The number of rotatable bonds is 7. The van der Waals surface area contributed by atoms with E-state index in [1.165, 1.54) is 11.1 Å². The molecule has 3 fully saturated rings. The van der Waals surface area contributed by atoms with Crippen molar-refractivity contribution in [2.45, 2.75) is 82.6 Å². The molecule has 0 spiro atoms. The predicted octanol–water partition coefficient (Wildman–Crippen LogP) is 2.15. The molecule has 1 aromatic rings. The number of aliphatic hydroxyl groups excluding tert-OH is 1. The van der Waals surface area contributed by atoms with Crippen LogP contribution in [0.2, 0.25) is 0 Å². The van der Waals surface area contributed by atoms with E-state index in [2.05, 4.69) is 50.1 Å². The molecule has 7 heteroatoms. The number of nitrogens with one attached hydrogen (secondary N) is 3. The van der Waals surface area contributed by atoms with E-state index in [-0.39, 0.29) is 24.0 Å². The van der Waals surface area contributed by atoms with Gasteiger partial charge in [-0.1, -0.05) is 30.7 Å². The molecule has 0 radical (unpaired) electrons. The van der Waals surface area contributed by atoms with E-state index in [9.17, 15) is 9.90 Å². The zero-order valence-corrected chi connectivity index (χ0v) is 19.4. The molecular weight excluding hydrogens is 402 g/mol. The molecule has 2 saturated carbocycles. The molecule has 0 aromatic heterocycles. The highest BCUT2D eigenvalue weighted by molar-refractivity contribution is 5.81. The molecule has 3 aliphatic rings. The number of aliphatic hydroxyl groups is 1. The number of hydrogen-bond donors (Lipinski definition) is 4. The van der Waals surface area contributed by atoms with Crippen LogP contribution in [0.1, 0.15) is 62.5 Å². The van der Waals surface area contributed by atoms with Crippen LogP contribution in [0.15, 0.2) is 29.3 Å². The minimum atomic E-state index is -0.123. The SMILES string of the molecule is CN=C(NCc1ccc(CN2CCC(O)CC2)cc1)NC1CCCC(C(=O)NC2CC2)C1. The Balaban J connectivity index is 1.20. The van der Waals surface area contributed by atoms with Gasteiger partial charge in [-0.05, 0) is 56.1 Å². The number of aliphatic imine (C=N–C) groups is 1. The minimum Gasteiger partial charge on any atom is -0.393 e. The van der Waals surface area contributed by atoms with Gasteiger partial charge in [0.2, 0.25) is 5.91 Å². The first-order valence-corrected chi connectivity index (χ1v) is 12.3. The summed E-state index contributed by atoms with van der Waals surface area (Å²) in [5, 5.41) is 19.8. The van der Waals surface area contributed by atoms with Crippen molar-refractivity contribution in [3.05, 3.63) is 35.4 Å². The number of guanidine groups is 1. The predicted molar refractivity (Wildman–Crippen MR) is 127 cm³/mol. The monoisotopic (exact) mass is 441 g/mol. The number of amides is 1. The van der Waals surface area contributed by atoms with Gasteiger partial charge in [0.05, 0.1) is 6.10 Å². The second-order valence-electron chi connectivity index (χ2n) is 9.74. The standard InChI is InChI=1S/C25H39N5O2/c1-26-25(29-22-4-2-3-20(15-22)24(32)28-21-9-10-21)27-16-18-5-7-19(8-6-18)17-30-13-11-23(31)12-14-30/h5-8,20-23,31H,2-4,9-17H2,1H3,(H,28,32)(H2,26,27,29). The van der Waals surface area contributed by atoms with Crippen molar-refractivity contribution in [3.63, 3.8) is 0 Å². The van der Waals surface area contributed by atoms with Gasteiger partial charge in [-0.3, -0.25) is 14.7 Å². The lowest BCUT2D eigenvalue weighted by Crippen LogP contribution is -2.47. The largest absolute Gasteiger partial charge is 0.393 e. The fraction of sp³-hybridized carbons (Fsp3) is 0.680. The molecule has 2 aliphatic carbocycles. The van der Waals surface area contributed by atoms with Crippen LogP contribution in [0.5, 0.6) is 0 Å². The highest BCUT2D eigenvalue weighted by Gasteiger charge is 2.31. The Hall–Kier alpha value is -2.12. The number of likely N-dealkylation sites (tertiary alicyclic amines) is 1. The molecule has 2 atom stereocenters. The molecule has 1 heterocycles. The molecule has 1 saturated heterocycles. The van der Waals surface area contributed by atoms with Gasteiger partial charge in [-0.25, -0.2) is 0 Å². The lowest BCUT2D eigenvalue weighted by molar-refractivity contribution is -0.126. The van der Waals surface area contributed by atoms with Gasteiger partial charge < -0.3 is 21.1 Å². The van der Waals surface area contributed by atoms with E-state index in [0.29, 0.717) is 12.6 Å². The van der Waals surface area contributed by atoms with Crippen LogP contribution in [-0.4, -0.2) is 60.2 Å². The molecule has 1 aliphatic heterocycles. The molecule has 176 valence electrons. The number of nitrogens with zero attached hydrogens (tertiary/aromatic N) is 2. The Morgan fingerprint density at radius 1 is 1.00 bits per heavy atom. The zero-order valence-electron chi connectivity index (χ0n) is 19.4. The molecular formula is C25H39N5O2.